The average molecular weight is 256 g/mol. The standard InChI is InChI=1S/C6H10ClN3O2S2/c1-14(11,12)4-2-3-8-6-5(7)9-13-10-6/h2-4H2,1H3,(H,8,10). The van der Waals surface area contributed by atoms with Crippen LogP contribution in [0.4, 0.5) is 5.82 Å². The molecule has 1 rings (SSSR count). The summed E-state index contributed by atoms with van der Waals surface area (Å²) >= 11 is 6.68. The molecule has 1 aromatic rings. The van der Waals surface area contributed by atoms with Crippen LogP contribution < -0.4 is 5.32 Å². The molecule has 0 amide bonds. The van der Waals surface area contributed by atoms with Gasteiger partial charge >= 0.3 is 0 Å². The Hall–Kier alpha value is -0.400. The van der Waals surface area contributed by atoms with E-state index in [0.717, 1.165) is 11.7 Å². The summed E-state index contributed by atoms with van der Waals surface area (Å²) in [6.07, 6.45) is 1.75. The second-order valence-electron chi connectivity index (χ2n) is 2.81. The number of aromatic nitrogens is 2. The molecule has 0 unspecified atom stereocenters. The molecule has 0 spiro atoms. The van der Waals surface area contributed by atoms with Gasteiger partial charge in [-0.05, 0) is 6.42 Å². The highest BCUT2D eigenvalue weighted by Crippen LogP contribution is 2.17. The summed E-state index contributed by atoms with van der Waals surface area (Å²) in [5, 5.41) is 3.23. The van der Waals surface area contributed by atoms with Gasteiger partial charge in [0.15, 0.2) is 11.0 Å². The van der Waals surface area contributed by atoms with Crippen molar-refractivity contribution in [3.63, 3.8) is 0 Å². The van der Waals surface area contributed by atoms with Crippen molar-refractivity contribution < 1.29 is 8.42 Å². The Morgan fingerprint density at radius 2 is 2.21 bits per heavy atom. The Balaban J connectivity index is 2.26. The SMILES string of the molecule is CS(=O)(=O)CCCNc1nsnc1Cl. The lowest BCUT2D eigenvalue weighted by atomic mass is 10.5. The van der Waals surface area contributed by atoms with Crippen molar-refractivity contribution in [2.24, 2.45) is 0 Å². The van der Waals surface area contributed by atoms with Crippen LogP contribution >= 0.6 is 23.3 Å². The Morgan fingerprint density at radius 3 is 2.71 bits per heavy atom. The highest BCUT2D eigenvalue weighted by atomic mass is 35.5. The third kappa shape index (κ3) is 4.21. The van der Waals surface area contributed by atoms with Gasteiger partial charge < -0.3 is 5.32 Å². The van der Waals surface area contributed by atoms with E-state index in [1.807, 2.05) is 0 Å². The molecule has 0 bridgehead atoms. The van der Waals surface area contributed by atoms with E-state index in [4.69, 9.17) is 11.6 Å². The first-order valence-corrected chi connectivity index (χ1v) is 7.05. The van der Waals surface area contributed by atoms with Crippen molar-refractivity contribution >= 4 is 39.0 Å². The van der Waals surface area contributed by atoms with Crippen LogP contribution in [0, 0.1) is 0 Å². The molecule has 8 heteroatoms. The van der Waals surface area contributed by atoms with E-state index < -0.39 is 9.84 Å². The number of anilines is 1. The van der Waals surface area contributed by atoms with Gasteiger partial charge in [-0.25, -0.2) is 8.42 Å². The first kappa shape index (κ1) is 11.7. The average Bonchev–Trinajstić information content (AvgIpc) is 2.44. The van der Waals surface area contributed by atoms with Crippen molar-refractivity contribution in [2.45, 2.75) is 6.42 Å². The molecule has 0 fully saturated rings. The Morgan fingerprint density at radius 1 is 1.50 bits per heavy atom. The Kier molecular flexibility index (Phi) is 4.09. The molecule has 0 atom stereocenters. The van der Waals surface area contributed by atoms with Crippen molar-refractivity contribution in [2.75, 3.05) is 23.9 Å². The van der Waals surface area contributed by atoms with E-state index >= 15 is 0 Å². The summed E-state index contributed by atoms with van der Waals surface area (Å²) in [6, 6.07) is 0. The fraction of sp³-hybridized carbons (Fsp3) is 0.667. The number of hydrogen-bond acceptors (Lipinski definition) is 6. The van der Waals surface area contributed by atoms with E-state index in [9.17, 15) is 8.42 Å². The summed E-state index contributed by atoms with van der Waals surface area (Å²) in [5.41, 5.74) is 0. The van der Waals surface area contributed by atoms with Gasteiger partial charge in [-0.1, -0.05) is 11.6 Å². The molecule has 0 aromatic carbocycles. The van der Waals surface area contributed by atoms with Gasteiger partial charge in [-0.3, -0.25) is 0 Å². The zero-order valence-electron chi connectivity index (χ0n) is 7.53. The van der Waals surface area contributed by atoms with Gasteiger partial charge in [0.05, 0.1) is 17.5 Å². The molecule has 1 N–H and O–H groups in total. The fourth-order valence-corrected chi connectivity index (χ4v) is 2.18. The number of nitrogens with one attached hydrogen (secondary N) is 1. The van der Waals surface area contributed by atoms with E-state index in [2.05, 4.69) is 14.1 Å². The molecular formula is C6H10ClN3O2S2. The monoisotopic (exact) mass is 255 g/mol. The zero-order chi connectivity index (χ0) is 10.6. The first-order valence-electron chi connectivity index (χ1n) is 3.89. The van der Waals surface area contributed by atoms with Crippen LogP contribution in [-0.2, 0) is 9.84 Å². The van der Waals surface area contributed by atoms with Crippen molar-refractivity contribution in [1.82, 2.24) is 8.75 Å². The molecule has 14 heavy (non-hydrogen) atoms. The van der Waals surface area contributed by atoms with E-state index in [0.29, 0.717) is 23.9 Å². The Bertz CT molecular complexity index is 390. The topological polar surface area (TPSA) is 72.0 Å². The lowest BCUT2D eigenvalue weighted by molar-refractivity contribution is 0.600. The van der Waals surface area contributed by atoms with E-state index in [1.165, 1.54) is 6.26 Å². The smallest absolute Gasteiger partial charge is 0.186 e. The minimum absolute atomic E-state index is 0.162. The molecule has 0 radical (unpaired) electrons. The second kappa shape index (κ2) is 4.90. The number of hydrogen-bond donors (Lipinski definition) is 1. The molecule has 0 saturated carbocycles. The predicted octanol–water partition coefficient (Wildman–Crippen LogP) is 1.04. The summed E-state index contributed by atoms with van der Waals surface area (Å²) in [4.78, 5) is 0. The molecule has 80 valence electrons. The minimum atomic E-state index is -2.88. The number of rotatable bonds is 5. The van der Waals surface area contributed by atoms with E-state index in [1.54, 1.807) is 0 Å². The van der Waals surface area contributed by atoms with Crippen LogP contribution in [0.25, 0.3) is 0 Å². The number of halogens is 1. The highest BCUT2D eigenvalue weighted by molar-refractivity contribution is 7.90. The van der Waals surface area contributed by atoms with Crippen LogP contribution in [0.3, 0.4) is 0 Å². The molecule has 0 aliphatic heterocycles. The summed E-state index contributed by atoms with van der Waals surface area (Å²) in [7, 11) is -2.88. The molecule has 0 aliphatic rings. The van der Waals surface area contributed by atoms with Crippen molar-refractivity contribution in [3.05, 3.63) is 5.15 Å². The Labute approximate surface area is 91.7 Å². The molecule has 0 aliphatic carbocycles. The van der Waals surface area contributed by atoms with Crippen LogP contribution in [0.2, 0.25) is 5.15 Å². The van der Waals surface area contributed by atoms with Crippen LogP contribution in [0.5, 0.6) is 0 Å². The minimum Gasteiger partial charge on any atom is -0.367 e. The van der Waals surface area contributed by atoms with Gasteiger partial charge in [0.2, 0.25) is 0 Å². The summed E-state index contributed by atoms with van der Waals surface area (Å²) < 4.78 is 29.2. The normalized spacial score (nSPS) is 11.6. The maximum atomic E-state index is 10.8. The second-order valence-corrected chi connectivity index (χ2v) is 5.96. The molecule has 5 nitrogen and oxygen atoms in total. The van der Waals surface area contributed by atoms with Crippen LogP contribution in [0.1, 0.15) is 6.42 Å². The molecular weight excluding hydrogens is 246 g/mol. The van der Waals surface area contributed by atoms with Crippen LogP contribution in [-0.4, -0.2) is 35.7 Å². The molecule has 1 heterocycles. The van der Waals surface area contributed by atoms with Gasteiger partial charge in [0.25, 0.3) is 0 Å². The van der Waals surface area contributed by atoms with Gasteiger partial charge in [-0.2, -0.15) is 8.75 Å². The van der Waals surface area contributed by atoms with Crippen molar-refractivity contribution in [1.29, 1.82) is 0 Å². The predicted molar refractivity (Wildman–Crippen MR) is 57.7 cm³/mol. The van der Waals surface area contributed by atoms with Crippen LogP contribution in [0.15, 0.2) is 0 Å². The lowest BCUT2D eigenvalue weighted by Crippen LogP contribution is -2.09. The van der Waals surface area contributed by atoms with Gasteiger partial charge in [0.1, 0.15) is 9.84 Å². The quantitative estimate of drug-likeness (QED) is 0.796. The van der Waals surface area contributed by atoms with Crippen molar-refractivity contribution in [3.8, 4) is 0 Å². The number of sulfone groups is 1. The maximum Gasteiger partial charge on any atom is 0.186 e. The summed E-state index contributed by atoms with van der Waals surface area (Å²) in [5.74, 6) is 0.681. The first-order chi connectivity index (χ1) is 6.49. The largest absolute Gasteiger partial charge is 0.367 e. The fourth-order valence-electron chi connectivity index (χ4n) is 0.824. The molecule has 0 saturated heterocycles. The lowest BCUT2D eigenvalue weighted by Gasteiger charge is -2.01. The maximum absolute atomic E-state index is 10.8. The highest BCUT2D eigenvalue weighted by Gasteiger charge is 2.05. The van der Waals surface area contributed by atoms with Gasteiger partial charge in [-0.15, -0.1) is 0 Å². The van der Waals surface area contributed by atoms with E-state index in [-0.39, 0.29) is 5.75 Å². The third-order valence-electron chi connectivity index (χ3n) is 1.43. The van der Waals surface area contributed by atoms with Gasteiger partial charge in [0, 0.05) is 12.8 Å². The third-order valence-corrected chi connectivity index (χ3v) is 3.36. The molecule has 1 aromatic heterocycles. The number of nitrogens with zero attached hydrogens (tertiary/aromatic N) is 2. The zero-order valence-corrected chi connectivity index (χ0v) is 9.92. The summed E-state index contributed by atoms with van der Waals surface area (Å²) in [6.45, 7) is 0.526.